The molecule has 0 aromatic heterocycles. The van der Waals surface area contributed by atoms with Gasteiger partial charge in [-0.05, 0) is 28.8 Å². The van der Waals surface area contributed by atoms with E-state index in [1.807, 2.05) is 24.3 Å². The Hall–Kier alpha value is -0.310. The predicted octanol–water partition coefficient (Wildman–Crippen LogP) is 5.72. The maximum absolute atomic E-state index is 5.90. The van der Waals surface area contributed by atoms with Crippen LogP contribution in [0.15, 0.2) is 48.5 Å². The van der Waals surface area contributed by atoms with Gasteiger partial charge in [0.05, 0.1) is 4.83 Å². The zero-order chi connectivity index (χ0) is 12.3. The van der Waals surface area contributed by atoms with Crippen LogP contribution in [0.4, 0.5) is 0 Å². The van der Waals surface area contributed by atoms with E-state index < -0.39 is 0 Å². The normalized spacial score (nSPS) is 12.4. The molecule has 0 aliphatic carbocycles. The van der Waals surface area contributed by atoms with Crippen molar-refractivity contribution >= 4 is 43.5 Å². The third-order valence-corrected chi connectivity index (χ3v) is 4.51. The fraction of sp³-hybridized carbons (Fsp3) is 0.143. The molecule has 0 spiro atoms. The summed E-state index contributed by atoms with van der Waals surface area (Å²) in [5.41, 5.74) is 3.79. The first kappa shape index (κ1) is 13.1. The molecule has 2 rings (SSSR count). The molecule has 17 heavy (non-hydrogen) atoms. The van der Waals surface area contributed by atoms with Crippen molar-refractivity contribution in [3.05, 3.63) is 70.2 Å². The number of halogens is 3. The number of rotatable bonds is 3. The molecular weight excluding hydrogens is 363 g/mol. The second-order valence-corrected chi connectivity index (χ2v) is 5.66. The van der Waals surface area contributed by atoms with Crippen LogP contribution < -0.4 is 0 Å². The average molecular weight is 375 g/mol. The summed E-state index contributed by atoms with van der Waals surface area (Å²) in [6, 6.07) is 16.3. The summed E-state index contributed by atoms with van der Waals surface area (Å²) in [7, 11) is 0. The Labute approximate surface area is 123 Å². The van der Waals surface area contributed by atoms with Crippen molar-refractivity contribution in [1.82, 2.24) is 0 Å². The van der Waals surface area contributed by atoms with Crippen LogP contribution in [0.5, 0.6) is 0 Å². The Morgan fingerprint density at radius 1 is 1.00 bits per heavy atom. The van der Waals surface area contributed by atoms with Crippen molar-refractivity contribution in [3.63, 3.8) is 0 Å². The van der Waals surface area contributed by atoms with E-state index in [1.54, 1.807) is 0 Å². The van der Waals surface area contributed by atoms with Crippen molar-refractivity contribution in [1.29, 1.82) is 0 Å². The highest BCUT2D eigenvalue weighted by atomic mass is 79.9. The Morgan fingerprint density at radius 2 is 1.65 bits per heavy atom. The van der Waals surface area contributed by atoms with E-state index in [9.17, 15) is 0 Å². The van der Waals surface area contributed by atoms with Gasteiger partial charge in [-0.3, -0.25) is 0 Å². The highest BCUT2D eigenvalue weighted by Crippen LogP contribution is 2.34. The van der Waals surface area contributed by atoms with Crippen LogP contribution in [-0.2, 0) is 5.33 Å². The molecule has 0 radical (unpaired) electrons. The van der Waals surface area contributed by atoms with Gasteiger partial charge in [0.2, 0.25) is 0 Å². The smallest absolute Gasteiger partial charge is 0.0647 e. The van der Waals surface area contributed by atoms with E-state index in [-0.39, 0.29) is 4.83 Å². The van der Waals surface area contributed by atoms with Crippen LogP contribution in [0.2, 0.25) is 5.02 Å². The number of hydrogen-bond acceptors (Lipinski definition) is 0. The minimum absolute atomic E-state index is 0.202. The monoisotopic (exact) mass is 372 g/mol. The first-order valence-corrected chi connectivity index (χ1v) is 7.67. The molecule has 0 saturated carbocycles. The van der Waals surface area contributed by atoms with Gasteiger partial charge in [-0.1, -0.05) is 79.9 Å². The fourth-order valence-electron chi connectivity index (χ4n) is 1.71. The topological polar surface area (TPSA) is 0 Å². The molecule has 0 nitrogen and oxygen atoms in total. The van der Waals surface area contributed by atoms with E-state index in [2.05, 4.69) is 56.1 Å². The molecule has 0 aliphatic heterocycles. The van der Waals surface area contributed by atoms with Gasteiger partial charge in [0.25, 0.3) is 0 Å². The quantitative estimate of drug-likeness (QED) is 0.603. The third kappa shape index (κ3) is 3.12. The van der Waals surface area contributed by atoms with Crippen molar-refractivity contribution in [2.45, 2.75) is 10.2 Å². The van der Waals surface area contributed by atoms with E-state index >= 15 is 0 Å². The van der Waals surface area contributed by atoms with E-state index in [1.165, 1.54) is 16.7 Å². The van der Waals surface area contributed by atoms with Gasteiger partial charge in [0, 0.05) is 10.4 Å². The van der Waals surface area contributed by atoms with E-state index in [0.717, 1.165) is 10.4 Å². The molecule has 0 fully saturated rings. The van der Waals surface area contributed by atoms with Gasteiger partial charge in [0.15, 0.2) is 0 Å². The molecule has 0 saturated heterocycles. The van der Waals surface area contributed by atoms with Crippen LogP contribution in [0.3, 0.4) is 0 Å². The van der Waals surface area contributed by atoms with E-state index in [0.29, 0.717) is 0 Å². The SMILES string of the molecule is Clc1ccc(C(Br)c2ccccc2CBr)cc1. The average Bonchev–Trinajstić information content (AvgIpc) is 2.39. The summed E-state index contributed by atoms with van der Waals surface area (Å²) >= 11 is 13.2. The highest BCUT2D eigenvalue weighted by Gasteiger charge is 2.13. The maximum atomic E-state index is 5.90. The van der Waals surface area contributed by atoms with Crippen LogP contribution in [0.25, 0.3) is 0 Å². The highest BCUT2D eigenvalue weighted by molar-refractivity contribution is 9.09. The first-order chi connectivity index (χ1) is 8.22. The van der Waals surface area contributed by atoms with Crippen LogP contribution in [0, 0.1) is 0 Å². The van der Waals surface area contributed by atoms with Crippen LogP contribution in [0.1, 0.15) is 21.5 Å². The van der Waals surface area contributed by atoms with Crippen LogP contribution >= 0.6 is 43.5 Å². The zero-order valence-corrected chi connectivity index (χ0v) is 13.0. The summed E-state index contributed by atoms with van der Waals surface area (Å²) < 4.78 is 0. The summed E-state index contributed by atoms with van der Waals surface area (Å²) in [5.74, 6) is 0. The molecule has 1 unspecified atom stereocenters. The van der Waals surface area contributed by atoms with Gasteiger partial charge in [0.1, 0.15) is 0 Å². The molecule has 2 aromatic rings. The van der Waals surface area contributed by atoms with E-state index in [4.69, 9.17) is 11.6 Å². The molecular formula is C14H11Br2Cl. The Bertz CT molecular complexity index is 494. The molecule has 3 heteroatoms. The number of hydrogen-bond donors (Lipinski definition) is 0. The van der Waals surface area contributed by atoms with Gasteiger partial charge in [-0.25, -0.2) is 0 Å². The lowest BCUT2D eigenvalue weighted by Crippen LogP contribution is -1.96. The molecule has 1 atom stereocenters. The van der Waals surface area contributed by atoms with Crippen molar-refractivity contribution in [2.75, 3.05) is 0 Å². The number of benzene rings is 2. The van der Waals surface area contributed by atoms with Gasteiger partial charge < -0.3 is 0 Å². The fourth-order valence-corrected chi connectivity index (χ4v) is 3.10. The van der Waals surface area contributed by atoms with Crippen molar-refractivity contribution in [2.24, 2.45) is 0 Å². The summed E-state index contributed by atoms with van der Waals surface area (Å²) in [6.07, 6.45) is 0. The molecule has 0 bridgehead atoms. The standard InChI is InChI=1S/C14H11Br2Cl/c15-9-11-3-1-2-4-13(11)14(16)10-5-7-12(17)8-6-10/h1-8,14H,9H2. The Morgan fingerprint density at radius 3 is 2.29 bits per heavy atom. The lowest BCUT2D eigenvalue weighted by Gasteiger charge is -2.14. The molecule has 88 valence electrons. The molecule has 0 N–H and O–H groups in total. The minimum Gasteiger partial charge on any atom is -0.0876 e. The minimum atomic E-state index is 0.202. The Kier molecular flexibility index (Phi) is 4.66. The third-order valence-electron chi connectivity index (χ3n) is 2.63. The Balaban J connectivity index is 2.36. The van der Waals surface area contributed by atoms with Gasteiger partial charge in [-0.15, -0.1) is 0 Å². The second kappa shape index (κ2) is 6.03. The second-order valence-electron chi connectivity index (χ2n) is 3.75. The van der Waals surface area contributed by atoms with Crippen molar-refractivity contribution < 1.29 is 0 Å². The van der Waals surface area contributed by atoms with Gasteiger partial charge >= 0.3 is 0 Å². The molecule has 0 amide bonds. The number of alkyl halides is 2. The molecule has 0 heterocycles. The molecule has 2 aromatic carbocycles. The lowest BCUT2D eigenvalue weighted by molar-refractivity contribution is 1.14. The predicted molar refractivity (Wildman–Crippen MR) is 81.3 cm³/mol. The summed E-state index contributed by atoms with van der Waals surface area (Å²) in [4.78, 5) is 0.202. The summed E-state index contributed by atoms with van der Waals surface area (Å²) in [6.45, 7) is 0. The summed E-state index contributed by atoms with van der Waals surface area (Å²) in [5, 5.41) is 1.63. The first-order valence-electron chi connectivity index (χ1n) is 5.25. The van der Waals surface area contributed by atoms with Crippen molar-refractivity contribution in [3.8, 4) is 0 Å². The zero-order valence-electron chi connectivity index (χ0n) is 9.04. The maximum Gasteiger partial charge on any atom is 0.0647 e. The van der Waals surface area contributed by atoms with Crippen LogP contribution in [-0.4, -0.2) is 0 Å². The largest absolute Gasteiger partial charge is 0.0876 e. The lowest BCUT2D eigenvalue weighted by atomic mass is 10.0. The van der Waals surface area contributed by atoms with Gasteiger partial charge in [-0.2, -0.15) is 0 Å². The molecule has 0 aliphatic rings.